The zero-order valence-corrected chi connectivity index (χ0v) is 14.5. The lowest BCUT2D eigenvalue weighted by molar-refractivity contribution is -0.142. The maximum atomic E-state index is 12.3. The van der Waals surface area contributed by atoms with Crippen molar-refractivity contribution in [2.45, 2.75) is 53.0 Å². The van der Waals surface area contributed by atoms with Gasteiger partial charge in [-0.1, -0.05) is 20.8 Å². The fourth-order valence-electron chi connectivity index (χ4n) is 2.42. The molecule has 0 aromatic carbocycles. The number of likely N-dealkylation sites (tertiary alicyclic amines) is 1. The molecule has 1 rings (SSSR count). The first kappa shape index (κ1) is 20.2. The van der Waals surface area contributed by atoms with Gasteiger partial charge in [0.05, 0.1) is 5.92 Å². The van der Waals surface area contributed by atoms with Gasteiger partial charge in [-0.25, -0.2) is 0 Å². The van der Waals surface area contributed by atoms with Crippen LogP contribution in [0.1, 0.15) is 47.0 Å². The van der Waals surface area contributed by atoms with E-state index in [2.05, 4.69) is 5.32 Å². The molecular formula is C15H30ClN3O2. The molecule has 1 aliphatic rings. The molecule has 2 unspecified atom stereocenters. The van der Waals surface area contributed by atoms with Gasteiger partial charge in [0, 0.05) is 31.1 Å². The van der Waals surface area contributed by atoms with Crippen LogP contribution in [0.4, 0.5) is 0 Å². The number of piperidine rings is 1. The summed E-state index contributed by atoms with van der Waals surface area (Å²) in [7, 11) is 0. The quantitative estimate of drug-likeness (QED) is 0.825. The van der Waals surface area contributed by atoms with Crippen LogP contribution in [-0.4, -0.2) is 42.4 Å². The lowest BCUT2D eigenvalue weighted by Gasteiger charge is -2.35. The topological polar surface area (TPSA) is 75.4 Å². The number of carbonyl (C=O) groups is 2. The Hall–Kier alpha value is -0.810. The van der Waals surface area contributed by atoms with Gasteiger partial charge in [-0.3, -0.25) is 9.59 Å². The van der Waals surface area contributed by atoms with Crippen molar-refractivity contribution in [1.29, 1.82) is 0 Å². The summed E-state index contributed by atoms with van der Waals surface area (Å²) in [6.45, 7) is 9.60. The number of amides is 2. The molecule has 1 fully saturated rings. The highest BCUT2D eigenvalue weighted by atomic mass is 35.5. The average molecular weight is 320 g/mol. The highest BCUT2D eigenvalue weighted by Crippen LogP contribution is 2.23. The molecule has 6 heteroatoms. The Morgan fingerprint density at radius 1 is 1.38 bits per heavy atom. The summed E-state index contributed by atoms with van der Waals surface area (Å²) >= 11 is 0. The maximum absolute atomic E-state index is 12.3. The molecule has 0 saturated carbocycles. The van der Waals surface area contributed by atoms with Gasteiger partial charge in [-0.2, -0.15) is 0 Å². The molecule has 0 aromatic heterocycles. The summed E-state index contributed by atoms with van der Waals surface area (Å²) in [6.07, 6.45) is 2.54. The number of halogens is 1. The maximum Gasteiger partial charge on any atom is 0.227 e. The lowest BCUT2D eigenvalue weighted by atomic mass is 9.91. The molecule has 124 valence electrons. The molecule has 0 spiro atoms. The van der Waals surface area contributed by atoms with Gasteiger partial charge in [-0.15, -0.1) is 12.4 Å². The number of hydrogen-bond donors (Lipinski definition) is 2. The number of hydrogen-bond acceptors (Lipinski definition) is 3. The largest absolute Gasteiger partial charge is 0.356 e. The van der Waals surface area contributed by atoms with Gasteiger partial charge in [0.1, 0.15) is 0 Å². The predicted molar refractivity (Wildman–Crippen MR) is 87.3 cm³/mol. The van der Waals surface area contributed by atoms with Crippen LogP contribution in [0.2, 0.25) is 0 Å². The fourth-order valence-corrected chi connectivity index (χ4v) is 2.42. The van der Waals surface area contributed by atoms with Gasteiger partial charge in [-0.05, 0) is 26.2 Å². The van der Waals surface area contributed by atoms with E-state index >= 15 is 0 Å². The van der Waals surface area contributed by atoms with Crippen molar-refractivity contribution < 1.29 is 9.59 Å². The minimum absolute atomic E-state index is 0. The van der Waals surface area contributed by atoms with Gasteiger partial charge in [0.15, 0.2) is 0 Å². The molecule has 2 atom stereocenters. The first-order valence-electron chi connectivity index (χ1n) is 7.54. The van der Waals surface area contributed by atoms with E-state index in [4.69, 9.17) is 5.73 Å². The van der Waals surface area contributed by atoms with Crippen LogP contribution < -0.4 is 11.1 Å². The number of nitrogens with two attached hydrogens (primary N) is 1. The fraction of sp³-hybridized carbons (Fsp3) is 0.867. The second kappa shape index (κ2) is 8.59. The Balaban J connectivity index is 0.00000400. The van der Waals surface area contributed by atoms with Gasteiger partial charge >= 0.3 is 0 Å². The highest BCUT2D eigenvalue weighted by Gasteiger charge is 2.33. The smallest absolute Gasteiger partial charge is 0.227 e. The van der Waals surface area contributed by atoms with Crippen LogP contribution in [0, 0.1) is 11.3 Å². The monoisotopic (exact) mass is 319 g/mol. The predicted octanol–water partition coefficient (Wildman–Crippen LogP) is 1.55. The summed E-state index contributed by atoms with van der Waals surface area (Å²) in [4.78, 5) is 26.2. The molecule has 0 aromatic rings. The Bertz CT molecular complexity index is 353. The molecule has 0 bridgehead atoms. The highest BCUT2D eigenvalue weighted by molar-refractivity contribution is 5.85. The van der Waals surface area contributed by atoms with E-state index in [9.17, 15) is 9.59 Å². The molecule has 2 amide bonds. The van der Waals surface area contributed by atoms with Crippen LogP contribution >= 0.6 is 12.4 Å². The summed E-state index contributed by atoms with van der Waals surface area (Å²) < 4.78 is 0. The Labute approximate surface area is 134 Å². The van der Waals surface area contributed by atoms with Crippen LogP contribution in [0.15, 0.2) is 0 Å². The van der Waals surface area contributed by atoms with Gasteiger partial charge < -0.3 is 16.0 Å². The zero-order chi connectivity index (χ0) is 15.3. The molecular weight excluding hydrogens is 290 g/mol. The summed E-state index contributed by atoms with van der Waals surface area (Å²) in [5.74, 6) is 0.103. The molecule has 3 N–H and O–H groups in total. The van der Waals surface area contributed by atoms with E-state index in [0.717, 1.165) is 25.8 Å². The minimum atomic E-state index is -0.382. The number of rotatable bonds is 4. The minimum Gasteiger partial charge on any atom is -0.356 e. The summed E-state index contributed by atoms with van der Waals surface area (Å²) in [6, 6.07) is 0.0978. The summed E-state index contributed by atoms with van der Waals surface area (Å²) in [5.41, 5.74) is 5.28. The van der Waals surface area contributed by atoms with Crippen molar-refractivity contribution >= 4 is 24.2 Å². The van der Waals surface area contributed by atoms with Gasteiger partial charge in [0.2, 0.25) is 11.8 Å². The standard InChI is InChI=1S/C15H29N3O2.ClH/c1-11(16)7-8-17-13(19)12-6-5-9-18(10-12)14(20)15(2,3)4;/h11-12H,5-10,16H2,1-4H3,(H,17,19);1H. The molecule has 0 aliphatic carbocycles. The first-order chi connectivity index (χ1) is 9.21. The molecule has 1 saturated heterocycles. The number of carbonyl (C=O) groups excluding carboxylic acids is 2. The van der Waals surface area contributed by atoms with Crippen molar-refractivity contribution in [3.8, 4) is 0 Å². The Morgan fingerprint density at radius 3 is 2.52 bits per heavy atom. The molecule has 1 heterocycles. The number of nitrogens with one attached hydrogen (secondary N) is 1. The van der Waals surface area contributed by atoms with E-state index in [-0.39, 0.29) is 41.6 Å². The normalized spacial score (nSPS) is 20.4. The van der Waals surface area contributed by atoms with Crippen molar-refractivity contribution in [3.63, 3.8) is 0 Å². The van der Waals surface area contributed by atoms with E-state index in [1.165, 1.54) is 0 Å². The lowest BCUT2D eigenvalue weighted by Crippen LogP contribution is -2.49. The number of nitrogens with zero attached hydrogens (tertiary/aromatic N) is 1. The second-order valence-corrected chi connectivity index (χ2v) is 6.90. The third-order valence-electron chi connectivity index (χ3n) is 3.62. The first-order valence-corrected chi connectivity index (χ1v) is 7.54. The van der Waals surface area contributed by atoms with E-state index in [0.29, 0.717) is 13.1 Å². The van der Waals surface area contributed by atoms with Crippen molar-refractivity contribution in [3.05, 3.63) is 0 Å². The van der Waals surface area contributed by atoms with Crippen molar-refractivity contribution in [2.24, 2.45) is 17.1 Å². The Kier molecular flexibility index (Phi) is 8.26. The SMILES string of the molecule is CC(N)CCNC(=O)C1CCCN(C(=O)C(C)(C)C)C1.Cl. The van der Waals surface area contributed by atoms with Gasteiger partial charge in [0.25, 0.3) is 0 Å². The zero-order valence-electron chi connectivity index (χ0n) is 13.6. The second-order valence-electron chi connectivity index (χ2n) is 6.90. The van der Waals surface area contributed by atoms with Crippen LogP contribution in [0.5, 0.6) is 0 Å². The van der Waals surface area contributed by atoms with Crippen molar-refractivity contribution in [2.75, 3.05) is 19.6 Å². The van der Waals surface area contributed by atoms with E-state index in [1.54, 1.807) is 0 Å². The molecule has 21 heavy (non-hydrogen) atoms. The van der Waals surface area contributed by atoms with E-state index < -0.39 is 0 Å². The summed E-state index contributed by atoms with van der Waals surface area (Å²) in [5, 5.41) is 2.93. The molecule has 1 aliphatic heterocycles. The van der Waals surface area contributed by atoms with Crippen LogP contribution in [0.25, 0.3) is 0 Å². The third-order valence-corrected chi connectivity index (χ3v) is 3.62. The molecule has 5 nitrogen and oxygen atoms in total. The van der Waals surface area contributed by atoms with E-state index in [1.807, 2.05) is 32.6 Å². The van der Waals surface area contributed by atoms with Crippen LogP contribution in [0.3, 0.4) is 0 Å². The third kappa shape index (κ3) is 6.66. The average Bonchev–Trinajstić information content (AvgIpc) is 2.36. The molecule has 0 radical (unpaired) electrons. The Morgan fingerprint density at radius 2 is 2.00 bits per heavy atom. The van der Waals surface area contributed by atoms with Crippen LogP contribution in [-0.2, 0) is 9.59 Å². The van der Waals surface area contributed by atoms with Crippen molar-refractivity contribution in [1.82, 2.24) is 10.2 Å².